The van der Waals surface area contributed by atoms with E-state index in [2.05, 4.69) is 19.0 Å². The minimum absolute atomic E-state index is 0.334. The van der Waals surface area contributed by atoms with Crippen LogP contribution in [0.3, 0.4) is 0 Å². The highest BCUT2D eigenvalue weighted by atomic mass is 16.4. The Morgan fingerprint density at radius 3 is 2.56 bits per heavy atom. The van der Waals surface area contributed by atoms with Gasteiger partial charge in [-0.25, -0.2) is 0 Å². The van der Waals surface area contributed by atoms with E-state index in [-0.39, 0.29) is 0 Å². The second-order valence-electron chi connectivity index (χ2n) is 9.97. The van der Waals surface area contributed by atoms with E-state index in [0.717, 1.165) is 30.6 Å². The lowest BCUT2D eigenvalue weighted by Crippen LogP contribution is -2.42. The first-order valence-corrected chi connectivity index (χ1v) is 10.8. The van der Waals surface area contributed by atoms with Crippen LogP contribution < -0.4 is 0 Å². The third-order valence-corrected chi connectivity index (χ3v) is 8.39. The highest BCUT2D eigenvalue weighted by Crippen LogP contribution is 2.60. The van der Waals surface area contributed by atoms with Gasteiger partial charge < -0.3 is 10.3 Å². The molecule has 0 bridgehead atoms. The number of hydrogen-bond donors (Lipinski definition) is 2. The highest BCUT2D eigenvalue weighted by Gasteiger charge is 2.52. The molecule has 0 aromatic carbocycles. The topological polar surface area (TPSA) is 52.8 Å². The zero-order valence-electron chi connectivity index (χ0n) is 16.6. The summed E-state index contributed by atoms with van der Waals surface area (Å²) < 4.78 is 0. The molecule has 3 saturated carbocycles. The van der Waals surface area contributed by atoms with Crippen molar-refractivity contribution in [3.05, 3.63) is 0 Å². The predicted octanol–water partition coefficient (Wildman–Crippen LogP) is 5.64. The third-order valence-electron chi connectivity index (χ3n) is 8.39. The van der Waals surface area contributed by atoms with Gasteiger partial charge in [-0.15, -0.1) is 5.16 Å². The molecule has 3 aliphatic rings. The van der Waals surface area contributed by atoms with Crippen LogP contribution in [0.1, 0.15) is 91.4 Å². The molecule has 3 rings (SSSR count). The quantitative estimate of drug-likeness (QED) is 0.383. The molecule has 3 heteroatoms. The zero-order valence-corrected chi connectivity index (χ0v) is 16.6. The Labute approximate surface area is 154 Å². The van der Waals surface area contributed by atoms with Gasteiger partial charge in [-0.05, 0) is 81.0 Å². The summed E-state index contributed by atoms with van der Waals surface area (Å²) in [6, 6.07) is 0. The van der Waals surface area contributed by atoms with Crippen LogP contribution in [0.4, 0.5) is 0 Å². The van der Waals surface area contributed by atoms with E-state index in [1.165, 1.54) is 57.8 Å². The molecule has 0 saturated heterocycles. The van der Waals surface area contributed by atoms with E-state index >= 15 is 0 Å². The molecule has 3 nitrogen and oxygen atoms in total. The fraction of sp³-hybridized carbons (Fsp3) is 0.955. The summed E-state index contributed by atoms with van der Waals surface area (Å²) in [5.74, 6) is 3.65. The van der Waals surface area contributed by atoms with Crippen LogP contribution in [0.5, 0.6) is 0 Å². The summed E-state index contributed by atoms with van der Waals surface area (Å²) in [5, 5.41) is 22.9. The van der Waals surface area contributed by atoms with Crippen molar-refractivity contribution < 1.29 is 10.3 Å². The summed E-state index contributed by atoms with van der Waals surface area (Å²) >= 11 is 0. The first kappa shape index (κ1) is 19.2. The summed E-state index contributed by atoms with van der Waals surface area (Å²) in [6.45, 7) is 6.86. The van der Waals surface area contributed by atoms with E-state index in [1.54, 1.807) is 0 Å². The molecular formula is C22H39NO2. The van der Waals surface area contributed by atoms with Gasteiger partial charge in [0.1, 0.15) is 0 Å². The van der Waals surface area contributed by atoms with Crippen LogP contribution in [-0.2, 0) is 0 Å². The minimum Gasteiger partial charge on any atom is -0.411 e. The third kappa shape index (κ3) is 3.91. The molecule has 0 radical (unpaired) electrons. The van der Waals surface area contributed by atoms with E-state index in [4.69, 9.17) is 5.21 Å². The van der Waals surface area contributed by atoms with Crippen LogP contribution in [-0.4, -0.2) is 22.1 Å². The second kappa shape index (κ2) is 7.58. The fourth-order valence-electron chi connectivity index (χ4n) is 6.95. The average molecular weight is 350 g/mol. The largest absolute Gasteiger partial charge is 0.411 e. The molecule has 6 unspecified atom stereocenters. The van der Waals surface area contributed by atoms with Gasteiger partial charge in [0.05, 0.1) is 5.60 Å². The van der Waals surface area contributed by atoms with Crippen LogP contribution in [0, 0.1) is 35.0 Å². The maximum atomic E-state index is 10.4. The second-order valence-corrected chi connectivity index (χ2v) is 9.97. The fourth-order valence-corrected chi connectivity index (χ4v) is 6.95. The van der Waals surface area contributed by atoms with Crippen molar-refractivity contribution in [2.24, 2.45) is 40.2 Å². The zero-order chi connectivity index (χ0) is 18.1. The molecule has 0 heterocycles. The van der Waals surface area contributed by atoms with Crippen LogP contribution >= 0.6 is 0 Å². The van der Waals surface area contributed by atoms with Crippen molar-refractivity contribution in [1.29, 1.82) is 0 Å². The molecule has 0 aromatic rings. The molecule has 7 atom stereocenters. The van der Waals surface area contributed by atoms with E-state index in [0.29, 0.717) is 17.3 Å². The lowest BCUT2D eigenvalue weighted by Gasteiger charge is -2.48. The van der Waals surface area contributed by atoms with Crippen molar-refractivity contribution in [3.63, 3.8) is 0 Å². The summed E-state index contributed by atoms with van der Waals surface area (Å²) in [6.07, 6.45) is 15.4. The molecule has 0 aromatic heterocycles. The predicted molar refractivity (Wildman–Crippen MR) is 103 cm³/mol. The highest BCUT2D eigenvalue weighted by molar-refractivity contribution is 5.62. The molecule has 0 spiro atoms. The molecule has 3 aliphatic carbocycles. The Morgan fingerprint density at radius 2 is 1.88 bits per heavy atom. The van der Waals surface area contributed by atoms with Gasteiger partial charge in [0, 0.05) is 12.1 Å². The first-order chi connectivity index (χ1) is 11.9. The van der Waals surface area contributed by atoms with Gasteiger partial charge in [0.25, 0.3) is 0 Å². The Hall–Kier alpha value is -0.570. The molecule has 2 N–H and O–H groups in total. The van der Waals surface area contributed by atoms with Gasteiger partial charge in [-0.2, -0.15) is 0 Å². The normalized spacial score (nSPS) is 47.9. The monoisotopic (exact) mass is 349 g/mol. The SMILES string of the molecule is CCC1CCC2(C)C(/C=N/O)CCC2C1CCC1CCC[C@@](C)(O)C1. The number of oxime groups is 1. The number of nitrogens with zero attached hydrogens (tertiary/aromatic N) is 1. The number of rotatable bonds is 5. The van der Waals surface area contributed by atoms with Crippen molar-refractivity contribution in [2.45, 2.75) is 97.0 Å². The average Bonchev–Trinajstić information content (AvgIpc) is 2.89. The van der Waals surface area contributed by atoms with Crippen LogP contribution in [0.15, 0.2) is 5.16 Å². The van der Waals surface area contributed by atoms with Gasteiger partial charge in [-0.1, -0.05) is 39.5 Å². The Bertz CT molecular complexity index is 475. The minimum atomic E-state index is -0.426. The molecule has 144 valence electrons. The van der Waals surface area contributed by atoms with Crippen molar-refractivity contribution in [2.75, 3.05) is 0 Å². The standard InChI is InChI=1S/C22H39NO2/c1-4-17-11-13-22(3)18(15-23-25)8-10-20(22)19(17)9-7-16-6-5-12-21(2,24)14-16/h15-20,24-25H,4-14H2,1-3H3/b23-15+/t16?,17?,18?,19?,20?,21-,22?/m1/s1. The van der Waals surface area contributed by atoms with Crippen molar-refractivity contribution >= 4 is 6.21 Å². The maximum Gasteiger partial charge on any atom is 0.0622 e. The Kier molecular flexibility index (Phi) is 5.82. The lowest BCUT2D eigenvalue weighted by molar-refractivity contribution is -0.0108. The molecule has 25 heavy (non-hydrogen) atoms. The number of aliphatic hydroxyl groups is 1. The van der Waals surface area contributed by atoms with E-state index in [9.17, 15) is 5.11 Å². The van der Waals surface area contributed by atoms with E-state index in [1.807, 2.05) is 13.1 Å². The van der Waals surface area contributed by atoms with Crippen LogP contribution in [0.2, 0.25) is 0 Å². The molecular weight excluding hydrogens is 310 g/mol. The Morgan fingerprint density at radius 1 is 1.08 bits per heavy atom. The van der Waals surface area contributed by atoms with Crippen molar-refractivity contribution in [1.82, 2.24) is 0 Å². The van der Waals surface area contributed by atoms with Gasteiger partial charge in [-0.3, -0.25) is 0 Å². The maximum absolute atomic E-state index is 10.4. The summed E-state index contributed by atoms with van der Waals surface area (Å²) in [4.78, 5) is 0. The molecule has 3 fully saturated rings. The number of hydrogen-bond acceptors (Lipinski definition) is 3. The van der Waals surface area contributed by atoms with Gasteiger partial charge in [0.15, 0.2) is 0 Å². The summed E-state index contributed by atoms with van der Waals surface area (Å²) in [7, 11) is 0. The van der Waals surface area contributed by atoms with E-state index < -0.39 is 5.60 Å². The van der Waals surface area contributed by atoms with Crippen LogP contribution in [0.25, 0.3) is 0 Å². The van der Waals surface area contributed by atoms with Crippen molar-refractivity contribution in [3.8, 4) is 0 Å². The molecule has 0 amide bonds. The summed E-state index contributed by atoms with van der Waals surface area (Å²) in [5.41, 5.74) is -0.0924. The Balaban J connectivity index is 1.67. The van der Waals surface area contributed by atoms with Gasteiger partial charge >= 0.3 is 0 Å². The molecule has 0 aliphatic heterocycles. The smallest absolute Gasteiger partial charge is 0.0622 e. The number of fused-ring (bicyclic) bond motifs is 1. The first-order valence-electron chi connectivity index (χ1n) is 10.8. The van der Waals surface area contributed by atoms with Gasteiger partial charge in [0.2, 0.25) is 0 Å². The lowest BCUT2D eigenvalue weighted by atomic mass is 9.56.